The Bertz CT molecular complexity index is 179. The van der Waals surface area contributed by atoms with Crippen LogP contribution in [-0.4, -0.2) is 24.3 Å². The highest BCUT2D eigenvalue weighted by Crippen LogP contribution is 2.25. The predicted molar refractivity (Wildman–Crippen MR) is 54.0 cm³/mol. The first-order valence-corrected chi connectivity index (χ1v) is 5.48. The van der Waals surface area contributed by atoms with E-state index in [4.69, 9.17) is 9.47 Å². The van der Waals surface area contributed by atoms with Gasteiger partial charge in [0.25, 0.3) is 0 Å². The molecule has 3 atom stereocenters. The summed E-state index contributed by atoms with van der Waals surface area (Å²) in [6, 6.07) is 0. The summed E-state index contributed by atoms with van der Waals surface area (Å²) in [5, 5.41) is 0. The zero-order chi connectivity index (χ0) is 10.6. The van der Waals surface area contributed by atoms with Gasteiger partial charge in [0, 0.05) is 19.8 Å². The standard InChI is InChI=1S/C11H20O3/c1-4-9-6-11(13-8(3)12)7-10(5-2)14-9/h9-11H,4-7H2,1-3H3/t9-,10+,11?. The van der Waals surface area contributed by atoms with Crippen LogP contribution in [0.2, 0.25) is 0 Å². The van der Waals surface area contributed by atoms with Crippen LogP contribution in [0.1, 0.15) is 46.5 Å². The van der Waals surface area contributed by atoms with Gasteiger partial charge in [0.05, 0.1) is 12.2 Å². The molecule has 1 heterocycles. The van der Waals surface area contributed by atoms with E-state index in [1.54, 1.807) is 0 Å². The molecule has 14 heavy (non-hydrogen) atoms. The first-order valence-electron chi connectivity index (χ1n) is 5.48. The largest absolute Gasteiger partial charge is 0.462 e. The molecule has 3 nitrogen and oxygen atoms in total. The van der Waals surface area contributed by atoms with Crippen molar-refractivity contribution in [2.45, 2.75) is 64.8 Å². The predicted octanol–water partition coefficient (Wildman–Crippen LogP) is 2.29. The molecule has 1 aliphatic rings. The first kappa shape index (κ1) is 11.5. The fraction of sp³-hybridized carbons (Fsp3) is 0.909. The van der Waals surface area contributed by atoms with Gasteiger partial charge in [0.2, 0.25) is 0 Å². The molecule has 0 bridgehead atoms. The smallest absolute Gasteiger partial charge is 0.302 e. The lowest BCUT2D eigenvalue weighted by Crippen LogP contribution is -2.37. The summed E-state index contributed by atoms with van der Waals surface area (Å²) in [7, 11) is 0. The van der Waals surface area contributed by atoms with Crippen molar-refractivity contribution in [1.29, 1.82) is 0 Å². The average molecular weight is 200 g/mol. The van der Waals surface area contributed by atoms with Crippen LogP contribution < -0.4 is 0 Å². The molecular weight excluding hydrogens is 180 g/mol. The Labute approximate surface area is 85.8 Å². The minimum absolute atomic E-state index is 0.0659. The Kier molecular flexibility index (Phi) is 4.39. The SMILES string of the molecule is CC[C@@H]1CC(OC(C)=O)C[C@H](CC)O1. The van der Waals surface area contributed by atoms with Crippen molar-refractivity contribution in [1.82, 2.24) is 0 Å². The molecule has 1 saturated heterocycles. The van der Waals surface area contributed by atoms with Crippen molar-refractivity contribution in [3.63, 3.8) is 0 Å². The molecule has 0 aromatic heterocycles. The van der Waals surface area contributed by atoms with Crippen LogP contribution in [0.4, 0.5) is 0 Å². The van der Waals surface area contributed by atoms with E-state index in [2.05, 4.69) is 13.8 Å². The molecule has 0 amide bonds. The summed E-state index contributed by atoms with van der Waals surface area (Å²) < 4.78 is 11.0. The van der Waals surface area contributed by atoms with E-state index >= 15 is 0 Å². The summed E-state index contributed by atoms with van der Waals surface area (Å²) in [4.78, 5) is 10.8. The number of hydrogen-bond acceptors (Lipinski definition) is 3. The van der Waals surface area contributed by atoms with Crippen LogP contribution in [0.25, 0.3) is 0 Å². The lowest BCUT2D eigenvalue weighted by atomic mass is 9.98. The van der Waals surface area contributed by atoms with E-state index in [0.717, 1.165) is 25.7 Å². The Balaban J connectivity index is 2.46. The summed E-state index contributed by atoms with van der Waals surface area (Å²) in [6.07, 6.45) is 4.29. The van der Waals surface area contributed by atoms with Gasteiger partial charge in [0.15, 0.2) is 0 Å². The molecule has 0 spiro atoms. The number of hydrogen-bond donors (Lipinski definition) is 0. The van der Waals surface area contributed by atoms with Crippen LogP contribution in [-0.2, 0) is 14.3 Å². The Morgan fingerprint density at radius 1 is 1.29 bits per heavy atom. The average Bonchev–Trinajstić information content (AvgIpc) is 2.16. The van der Waals surface area contributed by atoms with Crippen molar-refractivity contribution in [3.05, 3.63) is 0 Å². The minimum Gasteiger partial charge on any atom is -0.462 e. The molecule has 0 aromatic carbocycles. The second kappa shape index (κ2) is 5.35. The van der Waals surface area contributed by atoms with Gasteiger partial charge >= 0.3 is 5.97 Å². The number of esters is 1. The van der Waals surface area contributed by atoms with Gasteiger partial charge < -0.3 is 9.47 Å². The number of ether oxygens (including phenoxy) is 2. The second-order valence-corrected chi connectivity index (χ2v) is 3.90. The number of carbonyl (C=O) groups is 1. The maximum Gasteiger partial charge on any atom is 0.302 e. The highest BCUT2D eigenvalue weighted by molar-refractivity contribution is 5.66. The molecule has 1 fully saturated rings. The lowest BCUT2D eigenvalue weighted by molar-refractivity contribution is -0.159. The van der Waals surface area contributed by atoms with Crippen LogP contribution in [0.5, 0.6) is 0 Å². The van der Waals surface area contributed by atoms with Crippen LogP contribution >= 0.6 is 0 Å². The van der Waals surface area contributed by atoms with Gasteiger partial charge in [-0.15, -0.1) is 0 Å². The Morgan fingerprint density at radius 3 is 2.14 bits per heavy atom. The van der Waals surface area contributed by atoms with Crippen molar-refractivity contribution < 1.29 is 14.3 Å². The number of rotatable bonds is 3. The summed E-state index contributed by atoms with van der Waals surface area (Å²) in [5.74, 6) is -0.179. The number of carbonyl (C=O) groups excluding carboxylic acids is 1. The van der Waals surface area contributed by atoms with Crippen molar-refractivity contribution in [3.8, 4) is 0 Å². The summed E-state index contributed by atoms with van der Waals surface area (Å²) in [6.45, 7) is 5.68. The van der Waals surface area contributed by atoms with Gasteiger partial charge in [-0.1, -0.05) is 13.8 Å². The van der Waals surface area contributed by atoms with E-state index in [1.807, 2.05) is 0 Å². The van der Waals surface area contributed by atoms with Crippen LogP contribution in [0.3, 0.4) is 0 Å². The molecule has 1 aliphatic heterocycles. The highest BCUT2D eigenvalue weighted by Gasteiger charge is 2.29. The normalized spacial score (nSPS) is 32.6. The molecule has 1 unspecified atom stereocenters. The van der Waals surface area contributed by atoms with Gasteiger partial charge in [-0.2, -0.15) is 0 Å². The fourth-order valence-electron chi connectivity index (χ4n) is 1.92. The van der Waals surface area contributed by atoms with Crippen molar-refractivity contribution >= 4 is 5.97 Å². The van der Waals surface area contributed by atoms with E-state index in [-0.39, 0.29) is 24.3 Å². The van der Waals surface area contributed by atoms with Crippen LogP contribution in [0.15, 0.2) is 0 Å². The Hall–Kier alpha value is -0.570. The fourth-order valence-corrected chi connectivity index (χ4v) is 1.92. The van der Waals surface area contributed by atoms with E-state index in [0.29, 0.717) is 0 Å². The first-order chi connectivity index (χ1) is 6.65. The van der Waals surface area contributed by atoms with Gasteiger partial charge in [-0.05, 0) is 12.8 Å². The third kappa shape index (κ3) is 3.29. The molecule has 0 radical (unpaired) electrons. The molecule has 3 heteroatoms. The second-order valence-electron chi connectivity index (χ2n) is 3.90. The molecule has 0 aromatic rings. The summed E-state index contributed by atoms with van der Waals surface area (Å²) in [5.41, 5.74) is 0. The van der Waals surface area contributed by atoms with E-state index in [1.165, 1.54) is 6.92 Å². The van der Waals surface area contributed by atoms with Gasteiger partial charge in [-0.25, -0.2) is 0 Å². The maximum atomic E-state index is 10.8. The molecule has 82 valence electrons. The lowest BCUT2D eigenvalue weighted by Gasteiger charge is -2.34. The maximum absolute atomic E-state index is 10.8. The van der Waals surface area contributed by atoms with Gasteiger partial charge in [-0.3, -0.25) is 4.79 Å². The van der Waals surface area contributed by atoms with Gasteiger partial charge in [0.1, 0.15) is 6.10 Å². The summed E-state index contributed by atoms with van der Waals surface area (Å²) >= 11 is 0. The van der Waals surface area contributed by atoms with Crippen molar-refractivity contribution in [2.75, 3.05) is 0 Å². The zero-order valence-electron chi connectivity index (χ0n) is 9.29. The van der Waals surface area contributed by atoms with E-state index < -0.39 is 0 Å². The zero-order valence-corrected chi connectivity index (χ0v) is 9.29. The highest BCUT2D eigenvalue weighted by atomic mass is 16.6. The molecular formula is C11H20O3. The third-order valence-corrected chi connectivity index (χ3v) is 2.68. The third-order valence-electron chi connectivity index (χ3n) is 2.68. The molecule has 0 saturated carbocycles. The van der Waals surface area contributed by atoms with Crippen molar-refractivity contribution in [2.24, 2.45) is 0 Å². The minimum atomic E-state index is -0.179. The molecule has 0 aliphatic carbocycles. The Morgan fingerprint density at radius 2 is 1.79 bits per heavy atom. The quantitative estimate of drug-likeness (QED) is 0.656. The molecule has 0 N–H and O–H groups in total. The van der Waals surface area contributed by atoms with Crippen LogP contribution in [0, 0.1) is 0 Å². The molecule has 1 rings (SSSR count). The van der Waals surface area contributed by atoms with E-state index in [9.17, 15) is 4.79 Å². The monoisotopic (exact) mass is 200 g/mol. The topological polar surface area (TPSA) is 35.5 Å².